The molecule has 1 atom stereocenters. The van der Waals surface area contributed by atoms with Crippen LogP contribution in [0.1, 0.15) is 67.2 Å². The third-order valence-corrected chi connectivity index (χ3v) is 8.34. The summed E-state index contributed by atoms with van der Waals surface area (Å²) >= 11 is 0. The Morgan fingerprint density at radius 2 is 1.17 bits per heavy atom. The van der Waals surface area contributed by atoms with E-state index in [1.54, 1.807) is 0 Å². The summed E-state index contributed by atoms with van der Waals surface area (Å²) in [5.41, 5.74) is 0.210. The molecule has 2 fully saturated rings. The number of rotatable bonds is 2. The molecule has 0 bridgehead atoms. The fourth-order valence-electron chi connectivity index (χ4n) is 3.88. The van der Waals surface area contributed by atoms with Gasteiger partial charge in [0.25, 0.3) is 10.2 Å². The summed E-state index contributed by atoms with van der Waals surface area (Å²) in [6.45, 7) is 17.4. The largest absolute Gasteiger partial charge is 0.298 e. The van der Waals surface area contributed by atoms with Crippen molar-refractivity contribution in [3.05, 3.63) is 0 Å². The van der Waals surface area contributed by atoms with Crippen LogP contribution in [0.5, 0.6) is 0 Å². The monoisotopic (exact) mass is 469 g/mol. The van der Waals surface area contributed by atoms with Gasteiger partial charge in [-0.3, -0.25) is 9.80 Å². The van der Waals surface area contributed by atoms with Crippen molar-refractivity contribution < 1.29 is 16.8 Å². The zero-order chi connectivity index (χ0) is 23.4. The molecule has 180 valence electrons. The quantitative estimate of drug-likeness (QED) is 0.618. The highest BCUT2D eigenvalue weighted by Gasteiger charge is 2.29. The molecule has 2 aliphatic rings. The fourth-order valence-corrected chi connectivity index (χ4v) is 5.53. The lowest BCUT2D eigenvalue weighted by molar-refractivity contribution is 0.143. The minimum Gasteiger partial charge on any atom is -0.298 e. The van der Waals surface area contributed by atoms with E-state index >= 15 is 0 Å². The molecule has 0 saturated carbocycles. The predicted octanol–water partition coefficient (Wildman–Crippen LogP) is 0.924. The second-order valence-electron chi connectivity index (χ2n) is 10.3. The highest BCUT2D eigenvalue weighted by atomic mass is 32.2. The van der Waals surface area contributed by atoms with Crippen LogP contribution in [0.15, 0.2) is 0 Å². The summed E-state index contributed by atoms with van der Waals surface area (Å²) in [5.74, 6) is 0. The van der Waals surface area contributed by atoms with Crippen LogP contribution in [0.25, 0.3) is 0 Å². The summed E-state index contributed by atoms with van der Waals surface area (Å²) in [4.78, 5) is 4.62. The molecule has 0 aromatic rings. The van der Waals surface area contributed by atoms with Gasteiger partial charge in [0.15, 0.2) is 0 Å². The maximum atomic E-state index is 11.3. The maximum absolute atomic E-state index is 11.3. The van der Waals surface area contributed by atoms with Gasteiger partial charge < -0.3 is 0 Å². The Bertz CT molecular complexity index is 678. The molecule has 2 aliphatic heterocycles. The molecular weight excluding hydrogens is 426 g/mol. The minimum atomic E-state index is -3.51. The molecule has 4 N–H and O–H groups in total. The second-order valence-corrected chi connectivity index (χ2v) is 13.6. The Morgan fingerprint density at radius 1 is 0.667 bits per heavy atom. The lowest BCUT2D eigenvalue weighted by atomic mass is 10.1. The van der Waals surface area contributed by atoms with E-state index in [0.717, 1.165) is 39.0 Å². The van der Waals surface area contributed by atoms with Crippen molar-refractivity contribution >= 4 is 20.2 Å². The van der Waals surface area contributed by atoms with Gasteiger partial charge in [-0.05, 0) is 86.9 Å². The molecule has 30 heavy (non-hydrogen) atoms. The lowest BCUT2D eigenvalue weighted by Crippen LogP contribution is -2.44. The first-order chi connectivity index (χ1) is 13.4. The maximum Gasteiger partial charge on any atom is 0.276 e. The first-order valence-electron chi connectivity index (χ1n) is 10.7. The molecule has 0 spiro atoms. The van der Waals surface area contributed by atoms with Crippen molar-refractivity contribution in [1.82, 2.24) is 14.1 Å². The van der Waals surface area contributed by atoms with Crippen molar-refractivity contribution in [1.29, 1.82) is 0 Å². The van der Waals surface area contributed by atoms with Gasteiger partial charge in [-0.15, -0.1) is 0 Å². The van der Waals surface area contributed by atoms with E-state index in [4.69, 9.17) is 10.3 Å². The van der Waals surface area contributed by atoms with E-state index < -0.39 is 20.2 Å². The van der Waals surface area contributed by atoms with E-state index in [1.165, 1.54) is 4.31 Å². The Hall–Kier alpha value is -0.300. The highest BCUT2D eigenvalue weighted by Crippen LogP contribution is 2.22. The van der Waals surface area contributed by atoms with Gasteiger partial charge in [0.05, 0.1) is 5.25 Å². The lowest BCUT2D eigenvalue weighted by Gasteiger charge is -2.34. The predicted molar refractivity (Wildman–Crippen MR) is 123 cm³/mol. The number of nitrogens with zero attached hydrogens (tertiary/aromatic N) is 3. The zero-order valence-corrected chi connectivity index (χ0v) is 21.2. The molecule has 0 amide bonds. The topological polar surface area (TPSA) is 130 Å². The Labute approximate surface area is 184 Å². The average molecular weight is 470 g/mol. The second kappa shape index (κ2) is 10.5. The van der Waals surface area contributed by atoms with Crippen molar-refractivity contribution in [3.63, 3.8) is 0 Å². The number of sulfonamides is 1. The van der Waals surface area contributed by atoms with Gasteiger partial charge in [0.2, 0.25) is 10.0 Å². The molecule has 2 heterocycles. The fraction of sp³-hybridized carbons (Fsp3) is 1.00. The van der Waals surface area contributed by atoms with E-state index in [9.17, 15) is 16.8 Å². The first-order valence-corrected chi connectivity index (χ1v) is 13.8. The summed E-state index contributed by atoms with van der Waals surface area (Å²) in [6, 6.07) is 0. The molecule has 1 unspecified atom stereocenters. The third-order valence-electron chi connectivity index (χ3n) is 5.85. The van der Waals surface area contributed by atoms with Crippen molar-refractivity contribution in [3.8, 4) is 0 Å². The standard InChI is InChI=1S/C10H22N2O2S.C9H21N3O2S/c1-10(2,3)12-7-4-5-9(6-8-12)15(11,13)14;1-9(2,3)11-5-4-6-12(8-7-11)15(10,13)14/h9H,4-8H2,1-3H3,(H2,11,13,14);4-8H2,1-3H3,(H2,10,13,14). The molecule has 2 saturated heterocycles. The van der Waals surface area contributed by atoms with Gasteiger partial charge in [-0.2, -0.15) is 12.7 Å². The van der Waals surface area contributed by atoms with Crippen LogP contribution in [0.4, 0.5) is 0 Å². The number of nitrogens with two attached hydrogens (primary N) is 2. The van der Waals surface area contributed by atoms with Gasteiger partial charge in [-0.1, -0.05) is 0 Å². The minimum absolute atomic E-state index is 0.0916. The normalized spacial score (nSPS) is 24.5. The van der Waals surface area contributed by atoms with Crippen LogP contribution in [-0.4, -0.2) is 86.5 Å². The molecule has 0 aromatic heterocycles. The highest BCUT2D eigenvalue weighted by molar-refractivity contribution is 7.89. The zero-order valence-electron chi connectivity index (χ0n) is 19.6. The molecular formula is C19H43N5O4S2. The first kappa shape index (κ1) is 27.7. The number of hydrogen-bond donors (Lipinski definition) is 2. The van der Waals surface area contributed by atoms with Gasteiger partial charge in [0, 0.05) is 30.7 Å². The van der Waals surface area contributed by atoms with Crippen molar-refractivity contribution in [2.45, 2.75) is 83.6 Å². The Morgan fingerprint density at radius 3 is 1.63 bits per heavy atom. The molecule has 0 aromatic carbocycles. The van der Waals surface area contributed by atoms with Gasteiger partial charge in [-0.25, -0.2) is 18.7 Å². The smallest absolute Gasteiger partial charge is 0.276 e. The van der Waals surface area contributed by atoms with Crippen LogP contribution in [0.2, 0.25) is 0 Å². The third kappa shape index (κ3) is 9.46. The van der Waals surface area contributed by atoms with E-state index in [-0.39, 0.29) is 16.3 Å². The summed E-state index contributed by atoms with van der Waals surface area (Å²) in [6.07, 6.45) is 3.12. The van der Waals surface area contributed by atoms with Crippen LogP contribution >= 0.6 is 0 Å². The van der Waals surface area contributed by atoms with Gasteiger partial charge in [0.1, 0.15) is 0 Å². The summed E-state index contributed by atoms with van der Waals surface area (Å²) < 4.78 is 46.2. The average Bonchev–Trinajstić information content (AvgIpc) is 2.94. The van der Waals surface area contributed by atoms with Crippen LogP contribution in [0, 0.1) is 0 Å². The van der Waals surface area contributed by atoms with E-state index in [1.807, 2.05) is 0 Å². The van der Waals surface area contributed by atoms with E-state index in [0.29, 0.717) is 25.9 Å². The number of likely N-dealkylation sites (tertiary alicyclic amines) is 1. The molecule has 11 heteroatoms. The molecule has 9 nitrogen and oxygen atoms in total. The number of primary sulfonamides is 1. The van der Waals surface area contributed by atoms with Crippen molar-refractivity contribution in [2.24, 2.45) is 10.3 Å². The van der Waals surface area contributed by atoms with Crippen LogP contribution in [-0.2, 0) is 20.2 Å². The van der Waals surface area contributed by atoms with Crippen LogP contribution < -0.4 is 10.3 Å². The Kier molecular flexibility index (Phi) is 9.75. The van der Waals surface area contributed by atoms with Crippen LogP contribution in [0.3, 0.4) is 0 Å². The Balaban J connectivity index is 0.000000300. The summed E-state index contributed by atoms with van der Waals surface area (Å²) in [7, 11) is -6.86. The van der Waals surface area contributed by atoms with Gasteiger partial charge >= 0.3 is 0 Å². The molecule has 0 aliphatic carbocycles. The van der Waals surface area contributed by atoms with E-state index in [2.05, 4.69) is 51.3 Å². The SMILES string of the molecule is CC(C)(C)N1CCCC(S(N)(=O)=O)CC1.CC(C)(C)N1CCCN(S(N)(=O)=O)CC1. The molecule has 0 radical (unpaired) electrons. The summed E-state index contributed by atoms with van der Waals surface area (Å²) in [5, 5.41) is 9.96. The number of hydrogen-bond acceptors (Lipinski definition) is 6. The molecule has 2 rings (SSSR count). The van der Waals surface area contributed by atoms with Crippen molar-refractivity contribution in [2.75, 3.05) is 39.3 Å².